The molecule has 0 aliphatic heterocycles. The zero-order chi connectivity index (χ0) is 22.0. The normalized spacial score (nSPS) is 11.8. The molecule has 2 heterocycles. The maximum Gasteiger partial charge on any atom is 0.172 e. The highest BCUT2D eigenvalue weighted by atomic mass is 35.5. The minimum absolute atomic E-state index is 0.275. The Morgan fingerprint density at radius 3 is 2.52 bits per heavy atom. The van der Waals surface area contributed by atoms with E-state index in [-0.39, 0.29) is 5.82 Å². The summed E-state index contributed by atoms with van der Waals surface area (Å²) in [6.45, 7) is 5.04. The van der Waals surface area contributed by atoms with Gasteiger partial charge in [-0.3, -0.25) is 4.57 Å². The summed E-state index contributed by atoms with van der Waals surface area (Å²) < 4.78 is 17.7. The molecule has 160 valence electrons. The number of benzene rings is 2. The van der Waals surface area contributed by atoms with Crippen molar-refractivity contribution in [3.05, 3.63) is 94.5 Å². The van der Waals surface area contributed by atoms with Gasteiger partial charge in [-0.05, 0) is 42.0 Å². The van der Waals surface area contributed by atoms with E-state index in [1.807, 2.05) is 29.1 Å². The van der Waals surface area contributed by atoms with Crippen molar-refractivity contribution in [2.75, 3.05) is 5.75 Å². The van der Waals surface area contributed by atoms with Gasteiger partial charge in [-0.15, -0.1) is 0 Å². The van der Waals surface area contributed by atoms with E-state index in [2.05, 4.69) is 23.4 Å². The van der Waals surface area contributed by atoms with E-state index in [0.29, 0.717) is 10.0 Å². The average Bonchev–Trinajstić information content (AvgIpc) is 3.41. The Hall–Kier alpha value is -2.28. The predicted octanol–water partition coefficient (Wildman–Crippen LogP) is 6.63. The topological polar surface area (TPSA) is 35.6 Å². The molecule has 0 fully saturated rings. The molecule has 0 amide bonds. The van der Waals surface area contributed by atoms with Crippen molar-refractivity contribution >= 4 is 35.0 Å². The van der Waals surface area contributed by atoms with Crippen LogP contribution in [-0.4, -0.2) is 24.9 Å². The van der Waals surface area contributed by atoms with Gasteiger partial charge in [0.25, 0.3) is 0 Å². The number of imidazole rings is 2. The van der Waals surface area contributed by atoms with Crippen LogP contribution in [0, 0.1) is 5.82 Å². The van der Waals surface area contributed by atoms with Gasteiger partial charge in [-0.1, -0.05) is 54.9 Å². The Kier molecular flexibility index (Phi) is 6.42. The van der Waals surface area contributed by atoms with Crippen molar-refractivity contribution in [2.24, 2.45) is 0 Å². The molecule has 0 N–H and O–H groups in total. The van der Waals surface area contributed by atoms with Gasteiger partial charge in [0.1, 0.15) is 5.82 Å². The van der Waals surface area contributed by atoms with Crippen LogP contribution < -0.4 is 0 Å². The third-order valence-corrected chi connectivity index (χ3v) is 6.91. The lowest BCUT2D eigenvalue weighted by molar-refractivity contribution is 0.591. The summed E-state index contributed by atoms with van der Waals surface area (Å²) in [7, 11) is 0. The molecule has 31 heavy (non-hydrogen) atoms. The van der Waals surface area contributed by atoms with E-state index in [1.54, 1.807) is 42.5 Å². The van der Waals surface area contributed by atoms with Gasteiger partial charge in [0.2, 0.25) is 0 Å². The van der Waals surface area contributed by atoms with Gasteiger partial charge in [-0.25, -0.2) is 14.4 Å². The van der Waals surface area contributed by atoms with E-state index in [1.165, 1.54) is 12.1 Å². The molecule has 0 spiro atoms. The molecular weight excluding hydrogens is 454 g/mol. The Labute approximate surface area is 195 Å². The number of aryl methyl sites for hydroxylation is 1. The Morgan fingerprint density at radius 2 is 1.84 bits per heavy atom. The molecule has 8 heteroatoms. The average molecular weight is 475 g/mol. The van der Waals surface area contributed by atoms with E-state index in [4.69, 9.17) is 28.2 Å². The Morgan fingerprint density at radius 1 is 1.06 bits per heavy atom. The van der Waals surface area contributed by atoms with Crippen LogP contribution in [0.2, 0.25) is 10.0 Å². The summed E-state index contributed by atoms with van der Waals surface area (Å²) in [5.74, 6) is 0.546. The van der Waals surface area contributed by atoms with Crippen molar-refractivity contribution in [3.63, 3.8) is 0 Å². The second kappa shape index (κ2) is 9.07. The number of aromatic nitrogens is 4. The molecule has 4 aromatic rings. The molecule has 0 unspecified atom stereocenters. The summed E-state index contributed by atoms with van der Waals surface area (Å²) >= 11 is 14.1. The molecule has 2 aromatic carbocycles. The number of hydrogen-bond donors (Lipinski definition) is 0. The monoisotopic (exact) mass is 474 g/mol. The van der Waals surface area contributed by atoms with Crippen molar-refractivity contribution in [1.82, 2.24) is 19.1 Å². The van der Waals surface area contributed by atoms with E-state index >= 15 is 0 Å². The van der Waals surface area contributed by atoms with Crippen molar-refractivity contribution in [1.29, 1.82) is 0 Å². The number of halogens is 3. The number of hydrogen-bond acceptors (Lipinski definition) is 3. The first-order valence-corrected chi connectivity index (χ1v) is 11.5. The predicted molar refractivity (Wildman–Crippen MR) is 125 cm³/mol. The molecule has 0 saturated heterocycles. The van der Waals surface area contributed by atoms with E-state index in [9.17, 15) is 4.39 Å². The summed E-state index contributed by atoms with van der Waals surface area (Å²) in [5.41, 5.74) is 2.42. The van der Waals surface area contributed by atoms with Gasteiger partial charge < -0.3 is 4.57 Å². The highest BCUT2D eigenvalue weighted by molar-refractivity contribution is 7.99. The summed E-state index contributed by atoms with van der Waals surface area (Å²) in [6, 6.07) is 12.1. The van der Waals surface area contributed by atoms with Crippen molar-refractivity contribution in [2.45, 2.75) is 31.0 Å². The molecule has 0 aliphatic rings. The summed E-state index contributed by atoms with van der Waals surface area (Å²) in [4.78, 5) is 8.80. The zero-order valence-corrected chi connectivity index (χ0v) is 19.4. The van der Waals surface area contributed by atoms with Crippen molar-refractivity contribution < 1.29 is 4.39 Å². The molecule has 4 rings (SSSR count). The smallest absolute Gasteiger partial charge is 0.172 e. The fraction of sp³-hybridized carbons (Fsp3) is 0.217. The number of thioether (sulfide) groups is 1. The van der Waals surface area contributed by atoms with Gasteiger partial charge in [0.05, 0.1) is 28.3 Å². The van der Waals surface area contributed by atoms with E-state index < -0.39 is 5.41 Å². The van der Waals surface area contributed by atoms with Gasteiger partial charge >= 0.3 is 0 Å². The minimum Gasteiger partial charge on any atom is -0.337 e. The molecule has 4 nitrogen and oxygen atoms in total. The second-order valence-electron chi connectivity index (χ2n) is 7.64. The first-order chi connectivity index (χ1) is 14.9. The summed E-state index contributed by atoms with van der Waals surface area (Å²) in [6.07, 6.45) is 7.38. The first-order valence-electron chi connectivity index (χ1n) is 9.74. The second-order valence-corrected chi connectivity index (χ2v) is 9.52. The number of nitrogens with zero attached hydrogens (tertiary/aromatic N) is 4. The maximum atomic E-state index is 13.6. The highest BCUT2D eigenvalue weighted by Gasteiger charge is 2.30. The lowest BCUT2D eigenvalue weighted by Crippen LogP contribution is -2.23. The zero-order valence-electron chi connectivity index (χ0n) is 17.1. The third-order valence-electron chi connectivity index (χ3n) is 5.24. The van der Waals surface area contributed by atoms with Crippen LogP contribution in [0.15, 0.2) is 72.5 Å². The number of rotatable bonds is 7. The van der Waals surface area contributed by atoms with Gasteiger partial charge in [0.15, 0.2) is 5.16 Å². The van der Waals surface area contributed by atoms with Crippen LogP contribution in [0.3, 0.4) is 0 Å². The quantitative estimate of drug-likeness (QED) is 0.282. The Bertz CT molecular complexity index is 1170. The molecule has 2 aromatic heterocycles. The lowest BCUT2D eigenvalue weighted by Gasteiger charge is -2.28. The fourth-order valence-corrected chi connectivity index (χ4v) is 4.65. The fourth-order valence-electron chi connectivity index (χ4n) is 3.41. The highest BCUT2D eigenvalue weighted by Crippen LogP contribution is 2.38. The van der Waals surface area contributed by atoms with Crippen molar-refractivity contribution in [3.8, 4) is 5.69 Å². The van der Waals surface area contributed by atoms with Crippen LogP contribution in [-0.2, 0) is 12.0 Å². The van der Waals surface area contributed by atoms with Gasteiger partial charge in [0, 0.05) is 35.8 Å². The van der Waals surface area contributed by atoms with E-state index in [0.717, 1.165) is 34.4 Å². The molecule has 0 saturated carbocycles. The van der Waals surface area contributed by atoms with Crippen LogP contribution >= 0.6 is 35.0 Å². The van der Waals surface area contributed by atoms with Crippen LogP contribution in [0.5, 0.6) is 0 Å². The van der Waals surface area contributed by atoms with Gasteiger partial charge in [-0.2, -0.15) is 0 Å². The molecule has 0 aliphatic carbocycles. The molecule has 0 radical (unpaired) electrons. The first kappa shape index (κ1) is 21.9. The third kappa shape index (κ3) is 4.66. The largest absolute Gasteiger partial charge is 0.337 e. The van der Waals surface area contributed by atoms with Crippen LogP contribution in [0.4, 0.5) is 4.39 Å². The maximum absolute atomic E-state index is 13.6. The lowest BCUT2D eigenvalue weighted by atomic mass is 9.81. The van der Waals surface area contributed by atoms with Crippen LogP contribution in [0.25, 0.3) is 5.69 Å². The van der Waals surface area contributed by atoms with Crippen LogP contribution in [0.1, 0.15) is 25.1 Å². The Balaban J connectivity index is 1.73. The molecule has 0 atom stereocenters. The molecule has 0 bridgehead atoms. The minimum atomic E-state index is -0.418. The molecular formula is C23H21Cl2FN4S. The summed E-state index contributed by atoms with van der Waals surface area (Å²) in [5, 5.41) is 1.87. The SMILES string of the molecule is CC(C)(c1ccc(Cl)c(Cl)c1)c1cnc(SCCn2ccnc2)n1-c1ccc(F)cc1. The standard InChI is InChI=1S/C23H21Cl2FN4S/c1-23(2,16-3-8-19(24)20(25)13-16)21-14-28-22(31-12-11-29-10-9-27-15-29)30(21)18-6-4-17(26)5-7-18/h3-10,13-15H,11-12H2,1-2H3.